The van der Waals surface area contributed by atoms with Crippen LogP contribution in [0, 0.1) is 0 Å². The van der Waals surface area contributed by atoms with Crippen LogP contribution in [0.5, 0.6) is 17.2 Å². The van der Waals surface area contributed by atoms with Crippen LogP contribution in [0.3, 0.4) is 0 Å². The number of hydrogen-bond donors (Lipinski definition) is 1. The van der Waals surface area contributed by atoms with Crippen LogP contribution >= 0.6 is 0 Å². The fraction of sp³-hybridized carbons (Fsp3) is 0.429. The van der Waals surface area contributed by atoms with Gasteiger partial charge in [0.25, 0.3) is 10.1 Å². The van der Waals surface area contributed by atoms with E-state index < -0.39 is 20.8 Å². The van der Waals surface area contributed by atoms with Gasteiger partial charge in [0.15, 0.2) is 0 Å². The molecule has 0 aliphatic heterocycles. The molecular weight excluding hydrogens is 387 g/mol. The summed E-state index contributed by atoms with van der Waals surface area (Å²) < 4.78 is 37.2. The largest absolute Gasteiger partial charge is 1.00 e. The molecule has 0 saturated carbocycles. The van der Waals surface area contributed by atoms with Gasteiger partial charge in [0.2, 0.25) is 0 Å². The second kappa shape index (κ2) is 12.5. The molecular formula is C21H27NaO5S. The molecule has 28 heavy (non-hydrogen) atoms. The summed E-state index contributed by atoms with van der Waals surface area (Å²) in [6.07, 6.45) is 9.68. The van der Waals surface area contributed by atoms with Crippen molar-refractivity contribution in [2.75, 3.05) is 0 Å². The molecule has 0 heterocycles. The summed E-state index contributed by atoms with van der Waals surface area (Å²) in [7, 11) is -4.45. The van der Waals surface area contributed by atoms with Crippen molar-refractivity contribution in [1.29, 1.82) is 0 Å². The summed E-state index contributed by atoms with van der Waals surface area (Å²) in [4.78, 5) is -0.468. The third-order valence-corrected chi connectivity index (χ3v) is 5.19. The van der Waals surface area contributed by atoms with Crippen molar-refractivity contribution in [2.45, 2.75) is 63.2 Å². The maximum Gasteiger partial charge on any atom is 1.00 e. The molecule has 0 radical (unpaired) electrons. The third kappa shape index (κ3) is 8.97. The fourth-order valence-electron chi connectivity index (χ4n) is 2.94. The Labute approximate surface area is 190 Å². The van der Waals surface area contributed by atoms with Crippen LogP contribution in [0.15, 0.2) is 47.4 Å². The predicted octanol–water partition coefficient (Wildman–Crippen LogP) is 2.10. The Balaban J connectivity index is 0.00000392. The van der Waals surface area contributed by atoms with E-state index in [4.69, 9.17) is 9.29 Å². The Morgan fingerprint density at radius 3 is 2.29 bits per heavy atom. The Hall–Kier alpha value is -1.05. The van der Waals surface area contributed by atoms with Crippen LogP contribution in [0.25, 0.3) is 0 Å². The summed E-state index contributed by atoms with van der Waals surface area (Å²) in [6, 6.07) is 10.7. The average Bonchev–Trinajstić information content (AvgIpc) is 2.60. The first-order valence-electron chi connectivity index (χ1n) is 9.45. The summed E-state index contributed by atoms with van der Waals surface area (Å²) in [5.74, 6) is 0.0740. The normalized spacial score (nSPS) is 11.1. The smallest absolute Gasteiger partial charge is 0.872 e. The van der Waals surface area contributed by atoms with Crippen molar-refractivity contribution < 1.29 is 52.4 Å². The van der Waals surface area contributed by atoms with E-state index in [-0.39, 0.29) is 35.3 Å². The molecule has 148 valence electrons. The Kier molecular flexibility index (Phi) is 11.2. The molecule has 0 aliphatic carbocycles. The van der Waals surface area contributed by atoms with Crippen LogP contribution in [-0.2, 0) is 16.5 Å². The van der Waals surface area contributed by atoms with Gasteiger partial charge >= 0.3 is 29.6 Å². The van der Waals surface area contributed by atoms with E-state index in [1.807, 2.05) is 18.2 Å². The minimum Gasteiger partial charge on any atom is -0.872 e. The molecule has 0 saturated heterocycles. The van der Waals surface area contributed by atoms with E-state index in [2.05, 4.69) is 6.92 Å². The first kappa shape index (κ1) is 25.0. The van der Waals surface area contributed by atoms with Gasteiger partial charge in [0.05, 0.1) is 4.90 Å². The van der Waals surface area contributed by atoms with Gasteiger partial charge in [-0.15, -0.1) is 5.75 Å². The van der Waals surface area contributed by atoms with Gasteiger partial charge in [-0.25, -0.2) is 0 Å². The standard InChI is InChI=1S/C21H28O5S.Na/c1-2-3-4-5-6-7-8-10-17-11-9-12-19(13-17)26-20-14-18(22)15-21(16-20)27(23,24)25;/h9,11-16,22H,2-8,10H2,1H3,(H,23,24,25);/q;+1/p-1. The Morgan fingerprint density at radius 1 is 0.929 bits per heavy atom. The number of aryl methyl sites for hydroxylation is 1. The quantitative estimate of drug-likeness (QED) is 0.346. The zero-order chi connectivity index (χ0) is 19.7. The minimum absolute atomic E-state index is 0. The molecule has 0 amide bonds. The van der Waals surface area contributed by atoms with Gasteiger partial charge < -0.3 is 9.84 Å². The molecule has 2 rings (SSSR count). The van der Waals surface area contributed by atoms with E-state index in [1.165, 1.54) is 44.6 Å². The summed E-state index contributed by atoms with van der Waals surface area (Å²) in [6.45, 7) is 2.21. The van der Waals surface area contributed by atoms with Crippen molar-refractivity contribution in [1.82, 2.24) is 0 Å². The Bertz CT molecular complexity index is 836. The van der Waals surface area contributed by atoms with Gasteiger partial charge in [0.1, 0.15) is 11.5 Å². The molecule has 0 fully saturated rings. The molecule has 1 N–H and O–H groups in total. The summed E-state index contributed by atoms with van der Waals surface area (Å²) in [5.41, 5.74) is 1.13. The van der Waals surface area contributed by atoms with Crippen LogP contribution < -0.4 is 39.4 Å². The van der Waals surface area contributed by atoms with Crippen molar-refractivity contribution >= 4 is 10.1 Å². The van der Waals surface area contributed by atoms with E-state index in [0.29, 0.717) is 5.75 Å². The summed E-state index contributed by atoms with van der Waals surface area (Å²) in [5, 5.41) is 11.6. The zero-order valence-electron chi connectivity index (χ0n) is 16.7. The van der Waals surface area contributed by atoms with Gasteiger partial charge in [-0.1, -0.05) is 57.6 Å². The number of benzene rings is 2. The third-order valence-electron chi connectivity index (χ3n) is 4.35. The molecule has 0 atom stereocenters. The molecule has 2 aromatic rings. The molecule has 0 aromatic heterocycles. The van der Waals surface area contributed by atoms with E-state index in [1.54, 1.807) is 6.07 Å². The van der Waals surface area contributed by atoms with Crippen molar-refractivity contribution in [3.8, 4) is 17.2 Å². The zero-order valence-corrected chi connectivity index (χ0v) is 19.5. The van der Waals surface area contributed by atoms with E-state index >= 15 is 0 Å². The molecule has 2 aromatic carbocycles. The fourth-order valence-corrected chi connectivity index (χ4v) is 3.47. The SMILES string of the molecule is CCCCCCCCCc1cccc(Oc2cc([O-])cc(S(=O)(=O)O)c2)c1.[Na+]. The van der Waals surface area contributed by atoms with Crippen LogP contribution in [0.1, 0.15) is 57.4 Å². The molecule has 0 unspecified atom stereocenters. The molecule has 0 bridgehead atoms. The first-order valence-corrected chi connectivity index (χ1v) is 10.9. The van der Waals surface area contributed by atoms with Gasteiger partial charge in [-0.3, -0.25) is 4.55 Å². The summed E-state index contributed by atoms with van der Waals surface area (Å²) >= 11 is 0. The maximum absolute atomic E-state index is 11.6. The second-order valence-electron chi connectivity index (χ2n) is 6.74. The first-order chi connectivity index (χ1) is 12.9. The predicted molar refractivity (Wildman–Crippen MR) is 104 cm³/mol. The van der Waals surface area contributed by atoms with E-state index in [0.717, 1.165) is 30.5 Å². The average molecular weight is 414 g/mol. The van der Waals surface area contributed by atoms with Crippen molar-refractivity contribution in [3.05, 3.63) is 48.0 Å². The molecule has 0 spiro atoms. The van der Waals surface area contributed by atoms with E-state index in [9.17, 15) is 13.5 Å². The van der Waals surface area contributed by atoms with Gasteiger partial charge in [-0.2, -0.15) is 8.42 Å². The molecule has 5 nitrogen and oxygen atoms in total. The van der Waals surface area contributed by atoms with Gasteiger partial charge in [-0.05, 0) is 42.7 Å². The number of ether oxygens (including phenoxy) is 1. The monoisotopic (exact) mass is 414 g/mol. The van der Waals surface area contributed by atoms with Crippen molar-refractivity contribution in [2.24, 2.45) is 0 Å². The molecule has 0 aliphatic rings. The van der Waals surface area contributed by atoms with Crippen LogP contribution in [0.2, 0.25) is 0 Å². The number of rotatable bonds is 11. The van der Waals surface area contributed by atoms with Crippen molar-refractivity contribution in [3.63, 3.8) is 0 Å². The van der Waals surface area contributed by atoms with Crippen LogP contribution in [0.4, 0.5) is 0 Å². The number of hydrogen-bond acceptors (Lipinski definition) is 4. The maximum atomic E-state index is 11.6. The Morgan fingerprint density at radius 2 is 1.61 bits per heavy atom. The molecule has 7 heteroatoms. The van der Waals surface area contributed by atoms with Gasteiger partial charge in [0, 0.05) is 6.07 Å². The minimum atomic E-state index is -4.45. The topological polar surface area (TPSA) is 86.7 Å². The second-order valence-corrected chi connectivity index (χ2v) is 8.16. The number of unbranched alkanes of at least 4 members (excludes halogenated alkanes) is 6. The van der Waals surface area contributed by atoms with Crippen LogP contribution in [-0.4, -0.2) is 13.0 Å².